The molecule has 92 valence electrons. The first-order chi connectivity index (χ1) is 8.31. The predicted molar refractivity (Wildman–Crippen MR) is 69.2 cm³/mol. The molecule has 3 N–H and O–H groups in total. The number of fused-ring (bicyclic) bond motifs is 3. The van der Waals surface area contributed by atoms with E-state index >= 15 is 0 Å². The minimum absolute atomic E-state index is 0.834. The van der Waals surface area contributed by atoms with Gasteiger partial charge in [0.25, 0.3) is 0 Å². The van der Waals surface area contributed by atoms with E-state index in [-0.39, 0.29) is 0 Å². The summed E-state index contributed by atoms with van der Waals surface area (Å²) in [6.45, 7) is 5.30. The number of halogens is 1. The first kappa shape index (κ1) is 11.5. The van der Waals surface area contributed by atoms with E-state index in [1.54, 1.807) is 0 Å². The highest BCUT2D eigenvalue weighted by Gasteiger charge is 2.39. The number of nitrogens with two attached hydrogens (primary N) is 1. The van der Waals surface area contributed by atoms with Crippen LogP contribution in [0.15, 0.2) is 24.3 Å². The molecule has 4 rings (SSSR count). The summed E-state index contributed by atoms with van der Waals surface area (Å²) in [5.74, 6) is 0.972. The van der Waals surface area contributed by atoms with Crippen LogP contribution in [0.5, 0.6) is 0 Å². The Balaban J connectivity index is 1.56. The lowest BCUT2D eigenvalue weighted by Crippen LogP contribution is -3.20. The van der Waals surface area contributed by atoms with E-state index in [0.717, 1.165) is 23.5 Å². The SMILES string of the molecule is Clc1ccc(C[NH2+][C@@H]2C[NH+]3CCC2CC3)cc1. The maximum Gasteiger partial charge on any atom is 0.139 e. The fourth-order valence-corrected chi connectivity index (χ4v) is 3.49. The normalized spacial score (nSPS) is 31.7. The zero-order valence-electron chi connectivity index (χ0n) is 10.2. The predicted octanol–water partition coefficient (Wildman–Crippen LogP) is 0.0805. The van der Waals surface area contributed by atoms with Crippen LogP contribution in [-0.4, -0.2) is 25.7 Å². The van der Waals surface area contributed by atoms with Crippen molar-refractivity contribution in [1.82, 2.24) is 0 Å². The summed E-state index contributed by atoms with van der Waals surface area (Å²) in [4.78, 5) is 1.82. The van der Waals surface area contributed by atoms with Gasteiger partial charge in [0.1, 0.15) is 19.1 Å². The van der Waals surface area contributed by atoms with Gasteiger partial charge in [0.05, 0.1) is 13.1 Å². The van der Waals surface area contributed by atoms with E-state index in [1.165, 1.54) is 38.0 Å². The Morgan fingerprint density at radius 1 is 1.18 bits per heavy atom. The third-order valence-electron chi connectivity index (χ3n) is 4.44. The highest BCUT2D eigenvalue weighted by atomic mass is 35.5. The second-order valence-electron chi connectivity index (χ2n) is 5.52. The van der Waals surface area contributed by atoms with Crippen LogP contribution in [0.4, 0.5) is 0 Å². The van der Waals surface area contributed by atoms with E-state index in [2.05, 4.69) is 17.4 Å². The molecule has 1 atom stereocenters. The molecule has 1 aromatic carbocycles. The molecule has 0 radical (unpaired) electrons. The van der Waals surface area contributed by atoms with Gasteiger partial charge in [-0.2, -0.15) is 0 Å². The molecule has 3 aliphatic heterocycles. The van der Waals surface area contributed by atoms with Gasteiger partial charge >= 0.3 is 0 Å². The van der Waals surface area contributed by atoms with E-state index in [4.69, 9.17) is 11.6 Å². The van der Waals surface area contributed by atoms with Crippen molar-refractivity contribution in [3.63, 3.8) is 0 Å². The summed E-state index contributed by atoms with van der Waals surface area (Å²) in [5, 5.41) is 3.38. The monoisotopic (exact) mass is 252 g/mol. The van der Waals surface area contributed by atoms with Gasteiger partial charge in [0, 0.05) is 29.3 Å². The van der Waals surface area contributed by atoms with E-state index in [9.17, 15) is 0 Å². The molecule has 0 unspecified atom stereocenters. The Hall–Kier alpha value is -0.570. The second-order valence-corrected chi connectivity index (χ2v) is 5.96. The molecule has 0 aromatic heterocycles. The molecule has 0 saturated carbocycles. The number of nitrogens with one attached hydrogen (secondary N) is 1. The number of piperidine rings is 3. The molecule has 3 heteroatoms. The Bertz CT molecular complexity index is 368. The second kappa shape index (κ2) is 4.97. The molecule has 1 aromatic rings. The molecule has 3 fully saturated rings. The van der Waals surface area contributed by atoms with Gasteiger partial charge < -0.3 is 10.2 Å². The maximum absolute atomic E-state index is 5.90. The molecule has 2 nitrogen and oxygen atoms in total. The van der Waals surface area contributed by atoms with E-state index < -0.39 is 0 Å². The molecule has 0 amide bonds. The summed E-state index contributed by atoms with van der Waals surface area (Å²) >= 11 is 5.90. The van der Waals surface area contributed by atoms with Crippen LogP contribution in [0.2, 0.25) is 5.02 Å². The standard InChI is InChI=1S/C14H19ClN2/c15-13-3-1-11(2-4-13)9-16-14-10-17-7-5-12(14)6-8-17/h1-4,12,14,16H,5-10H2/p+2/t14-/m1/s1. The summed E-state index contributed by atoms with van der Waals surface area (Å²) in [6.07, 6.45) is 2.88. The van der Waals surface area contributed by atoms with E-state index in [0.29, 0.717) is 0 Å². The lowest BCUT2D eigenvalue weighted by molar-refractivity contribution is -0.943. The van der Waals surface area contributed by atoms with Crippen LogP contribution in [-0.2, 0) is 6.54 Å². The van der Waals surface area contributed by atoms with Crippen LogP contribution in [0.3, 0.4) is 0 Å². The minimum Gasteiger partial charge on any atom is -0.335 e. The van der Waals surface area contributed by atoms with Gasteiger partial charge in [-0.05, 0) is 12.1 Å². The van der Waals surface area contributed by atoms with Crippen molar-refractivity contribution < 1.29 is 10.2 Å². The first-order valence-corrected chi connectivity index (χ1v) is 7.10. The van der Waals surface area contributed by atoms with Crippen LogP contribution < -0.4 is 10.2 Å². The van der Waals surface area contributed by atoms with Gasteiger partial charge in [0.15, 0.2) is 0 Å². The molecule has 2 bridgehead atoms. The van der Waals surface area contributed by atoms with Crippen molar-refractivity contribution in [3.8, 4) is 0 Å². The Labute approximate surface area is 108 Å². The third-order valence-corrected chi connectivity index (χ3v) is 4.69. The maximum atomic E-state index is 5.90. The van der Waals surface area contributed by atoms with Gasteiger partial charge in [-0.25, -0.2) is 0 Å². The molecule has 3 saturated heterocycles. The van der Waals surface area contributed by atoms with Crippen molar-refractivity contribution in [2.24, 2.45) is 5.92 Å². The van der Waals surface area contributed by atoms with Crippen molar-refractivity contribution in [1.29, 1.82) is 0 Å². The van der Waals surface area contributed by atoms with Crippen LogP contribution in [0, 0.1) is 5.92 Å². The van der Waals surface area contributed by atoms with Crippen LogP contribution in [0.25, 0.3) is 0 Å². The highest BCUT2D eigenvalue weighted by Crippen LogP contribution is 2.16. The zero-order valence-corrected chi connectivity index (χ0v) is 10.9. The van der Waals surface area contributed by atoms with Gasteiger partial charge in [-0.3, -0.25) is 0 Å². The van der Waals surface area contributed by atoms with Crippen molar-refractivity contribution in [2.75, 3.05) is 19.6 Å². The highest BCUT2D eigenvalue weighted by molar-refractivity contribution is 6.30. The lowest BCUT2D eigenvalue weighted by atomic mass is 9.84. The Morgan fingerprint density at radius 2 is 1.88 bits per heavy atom. The zero-order chi connectivity index (χ0) is 11.7. The van der Waals surface area contributed by atoms with Crippen molar-refractivity contribution in [3.05, 3.63) is 34.9 Å². The molecular formula is C14H21ClN2+2. The van der Waals surface area contributed by atoms with Crippen molar-refractivity contribution in [2.45, 2.75) is 25.4 Å². The number of quaternary nitrogens is 2. The summed E-state index contributed by atoms with van der Waals surface area (Å²) in [7, 11) is 0. The van der Waals surface area contributed by atoms with Crippen molar-refractivity contribution >= 4 is 11.6 Å². The Morgan fingerprint density at radius 3 is 2.47 bits per heavy atom. The lowest BCUT2D eigenvalue weighted by Gasteiger charge is -2.40. The number of benzene rings is 1. The van der Waals surface area contributed by atoms with Gasteiger partial charge in [-0.1, -0.05) is 23.7 Å². The van der Waals surface area contributed by atoms with Gasteiger partial charge in [0.2, 0.25) is 0 Å². The number of hydrogen-bond donors (Lipinski definition) is 2. The average molecular weight is 253 g/mol. The smallest absolute Gasteiger partial charge is 0.139 e. The largest absolute Gasteiger partial charge is 0.335 e. The molecule has 3 heterocycles. The molecule has 3 aliphatic rings. The minimum atomic E-state index is 0.834. The molecule has 17 heavy (non-hydrogen) atoms. The number of hydrogen-bond acceptors (Lipinski definition) is 0. The number of rotatable bonds is 3. The van der Waals surface area contributed by atoms with Crippen LogP contribution >= 0.6 is 11.6 Å². The average Bonchev–Trinajstić information content (AvgIpc) is 2.39. The summed E-state index contributed by atoms with van der Waals surface area (Å²) < 4.78 is 0. The first-order valence-electron chi connectivity index (χ1n) is 6.72. The molecular weight excluding hydrogens is 232 g/mol. The van der Waals surface area contributed by atoms with Gasteiger partial charge in [-0.15, -0.1) is 0 Å². The van der Waals surface area contributed by atoms with Crippen LogP contribution in [0.1, 0.15) is 18.4 Å². The fraction of sp³-hybridized carbons (Fsp3) is 0.571. The summed E-state index contributed by atoms with van der Waals surface area (Å²) in [5.41, 5.74) is 1.39. The molecule has 0 spiro atoms. The van der Waals surface area contributed by atoms with E-state index in [1.807, 2.05) is 17.0 Å². The quantitative estimate of drug-likeness (QED) is 0.761. The molecule has 0 aliphatic carbocycles. The fourth-order valence-electron chi connectivity index (χ4n) is 3.36. The topological polar surface area (TPSA) is 21.1 Å². The third kappa shape index (κ3) is 2.65. The Kier molecular flexibility index (Phi) is 3.37. The summed E-state index contributed by atoms with van der Waals surface area (Å²) in [6, 6.07) is 9.13.